The van der Waals surface area contributed by atoms with Crippen LogP contribution in [0.4, 0.5) is 0 Å². The molecule has 1 unspecified atom stereocenters. The Labute approximate surface area is 97.3 Å². The van der Waals surface area contributed by atoms with Crippen LogP contribution in [0.25, 0.3) is 0 Å². The second-order valence-corrected chi connectivity index (χ2v) is 4.56. The summed E-state index contributed by atoms with van der Waals surface area (Å²) in [5.41, 5.74) is 2.04. The van der Waals surface area contributed by atoms with Gasteiger partial charge in [-0.25, -0.2) is 0 Å². The molecule has 0 spiro atoms. The molecule has 1 atom stereocenters. The van der Waals surface area contributed by atoms with Crippen molar-refractivity contribution in [1.29, 1.82) is 0 Å². The second-order valence-electron chi connectivity index (χ2n) is 4.56. The van der Waals surface area contributed by atoms with Crippen LogP contribution in [-0.2, 0) is 0 Å². The van der Waals surface area contributed by atoms with Crippen LogP contribution in [0.5, 0.6) is 0 Å². The van der Waals surface area contributed by atoms with Crippen molar-refractivity contribution in [3.63, 3.8) is 0 Å². The fourth-order valence-electron chi connectivity index (χ4n) is 2.41. The normalized spacial score (nSPS) is 19.3. The lowest BCUT2D eigenvalue weighted by Gasteiger charge is -2.32. The van der Waals surface area contributed by atoms with Crippen LogP contribution < -0.4 is 0 Å². The maximum atomic E-state index is 10.7. The molecule has 1 aliphatic rings. The largest absolute Gasteiger partial charge is 0.298 e. The standard InChI is InChI=1S/C14H19NO/c1-12(15-8-3-2-4-9-15)14-7-5-6-13(10-14)11-16/h5-7,10-12H,2-4,8-9H2,1H3. The van der Waals surface area contributed by atoms with Crippen LogP contribution in [-0.4, -0.2) is 24.3 Å². The van der Waals surface area contributed by atoms with Gasteiger partial charge in [-0.3, -0.25) is 9.69 Å². The van der Waals surface area contributed by atoms with E-state index in [4.69, 9.17) is 0 Å². The number of hydrogen-bond acceptors (Lipinski definition) is 2. The highest BCUT2D eigenvalue weighted by Crippen LogP contribution is 2.24. The summed E-state index contributed by atoms with van der Waals surface area (Å²) in [5.74, 6) is 0. The third-order valence-corrected chi connectivity index (χ3v) is 3.47. The van der Waals surface area contributed by atoms with E-state index in [2.05, 4.69) is 17.9 Å². The van der Waals surface area contributed by atoms with Crippen molar-refractivity contribution in [3.05, 3.63) is 35.4 Å². The van der Waals surface area contributed by atoms with Crippen LogP contribution in [0.2, 0.25) is 0 Å². The summed E-state index contributed by atoms with van der Waals surface area (Å²) >= 11 is 0. The van der Waals surface area contributed by atoms with E-state index < -0.39 is 0 Å². The Morgan fingerprint density at radius 1 is 1.25 bits per heavy atom. The molecule has 16 heavy (non-hydrogen) atoms. The van der Waals surface area contributed by atoms with E-state index in [9.17, 15) is 4.79 Å². The molecule has 1 aromatic carbocycles. The fraction of sp³-hybridized carbons (Fsp3) is 0.500. The molecule has 0 N–H and O–H groups in total. The lowest BCUT2D eigenvalue weighted by atomic mass is 10.0. The van der Waals surface area contributed by atoms with Crippen molar-refractivity contribution in [2.45, 2.75) is 32.2 Å². The van der Waals surface area contributed by atoms with Gasteiger partial charge >= 0.3 is 0 Å². The van der Waals surface area contributed by atoms with E-state index in [1.807, 2.05) is 18.2 Å². The van der Waals surface area contributed by atoms with Gasteiger partial charge in [0.2, 0.25) is 0 Å². The van der Waals surface area contributed by atoms with E-state index in [0.29, 0.717) is 6.04 Å². The first-order chi connectivity index (χ1) is 7.81. The third-order valence-electron chi connectivity index (χ3n) is 3.47. The topological polar surface area (TPSA) is 20.3 Å². The molecule has 86 valence electrons. The molecule has 2 heteroatoms. The first-order valence-corrected chi connectivity index (χ1v) is 6.10. The van der Waals surface area contributed by atoms with Gasteiger partial charge in [0, 0.05) is 11.6 Å². The summed E-state index contributed by atoms with van der Waals surface area (Å²) in [6.07, 6.45) is 4.89. The third kappa shape index (κ3) is 2.50. The summed E-state index contributed by atoms with van der Waals surface area (Å²) in [6.45, 7) is 4.61. The minimum Gasteiger partial charge on any atom is -0.298 e. The molecule has 1 fully saturated rings. The predicted octanol–water partition coefficient (Wildman–Crippen LogP) is 3.05. The van der Waals surface area contributed by atoms with Crippen LogP contribution in [0, 0.1) is 0 Å². The maximum absolute atomic E-state index is 10.7. The minimum atomic E-state index is 0.431. The molecule has 0 amide bonds. The number of carbonyl (C=O) groups excluding carboxylic acids is 1. The average Bonchev–Trinajstić information content (AvgIpc) is 2.39. The number of hydrogen-bond donors (Lipinski definition) is 0. The van der Waals surface area contributed by atoms with Crippen molar-refractivity contribution >= 4 is 6.29 Å². The summed E-state index contributed by atoms with van der Waals surface area (Å²) in [6, 6.07) is 8.39. The van der Waals surface area contributed by atoms with Gasteiger partial charge in [0.05, 0.1) is 0 Å². The number of likely N-dealkylation sites (tertiary alicyclic amines) is 1. The zero-order chi connectivity index (χ0) is 11.4. The number of nitrogens with zero attached hydrogens (tertiary/aromatic N) is 1. The molecule has 0 saturated carbocycles. The van der Waals surface area contributed by atoms with Gasteiger partial charge in [0.1, 0.15) is 6.29 Å². The molecule has 0 aromatic heterocycles. The number of piperidine rings is 1. The van der Waals surface area contributed by atoms with Crippen molar-refractivity contribution in [3.8, 4) is 0 Å². The van der Waals surface area contributed by atoms with E-state index in [-0.39, 0.29) is 0 Å². The fourth-order valence-corrected chi connectivity index (χ4v) is 2.41. The smallest absolute Gasteiger partial charge is 0.150 e. The lowest BCUT2D eigenvalue weighted by molar-refractivity contribution is 0.112. The second kappa shape index (κ2) is 5.26. The zero-order valence-corrected chi connectivity index (χ0v) is 9.86. The molecule has 0 bridgehead atoms. The Bertz CT molecular complexity index is 356. The van der Waals surface area contributed by atoms with Gasteiger partial charge in [-0.15, -0.1) is 0 Å². The van der Waals surface area contributed by atoms with Gasteiger partial charge < -0.3 is 0 Å². The Kier molecular flexibility index (Phi) is 3.73. The number of aldehydes is 1. The van der Waals surface area contributed by atoms with Crippen LogP contribution in [0.3, 0.4) is 0 Å². The monoisotopic (exact) mass is 217 g/mol. The molecule has 1 aromatic rings. The summed E-state index contributed by atoms with van der Waals surface area (Å²) in [4.78, 5) is 13.3. The van der Waals surface area contributed by atoms with E-state index in [1.54, 1.807) is 0 Å². The molecule has 0 aliphatic carbocycles. The van der Waals surface area contributed by atoms with Crippen molar-refractivity contribution in [2.75, 3.05) is 13.1 Å². The highest BCUT2D eigenvalue weighted by molar-refractivity contribution is 5.74. The number of rotatable bonds is 3. The maximum Gasteiger partial charge on any atom is 0.150 e. The average molecular weight is 217 g/mol. The van der Waals surface area contributed by atoms with Gasteiger partial charge in [0.25, 0.3) is 0 Å². The van der Waals surface area contributed by atoms with Crippen molar-refractivity contribution in [2.24, 2.45) is 0 Å². The summed E-state index contributed by atoms with van der Waals surface area (Å²) in [7, 11) is 0. The van der Waals surface area contributed by atoms with Crippen LogP contribution >= 0.6 is 0 Å². The molecular formula is C14H19NO. The molecule has 0 radical (unpaired) electrons. The SMILES string of the molecule is CC(c1cccc(C=O)c1)N1CCCCC1. The van der Waals surface area contributed by atoms with Gasteiger partial charge in [-0.2, -0.15) is 0 Å². The Morgan fingerprint density at radius 3 is 2.69 bits per heavy atom. The van der Waals surface area contributed by atoms with E-state index in [1.165, 1.54) is 37.9 Å². The highest BCUT2D eigenvalue weighted by atomic mass is 16.1. The van der Waals surface area contributed by atoms with Gasteiger partial charge in [0.15, 0.2) is 0 Å². The Morgan fingerprint density at radius 2 is 2.00 bits per heavy atom. The molecule has 2 nitrogen and oxygen atoms in total. The molecular weight excluding hydrogens is 198 g/mol. The van der Waals surface area contributed by atoms with Gasteiger partial charge in [-0.1, -0.05) is 24.6 Å². The quantitative estimate of drug-likeness (QED) is 0.725. The van der Waals surface area contributed by atoms with Crippen molar-refractivity contribution in [1.82, 2.24) is 4.90 Å². The number of carbonyl (C=O) groups is 1. The molecule has 1 saturated heterocycles. The first kappa shape index (κ1) is 11.3. The minimum absolute atomic E-state index is 0.431. The predicted molar refractivity (Wildman–Crippen MR) is 65.7 cm³/mol. The van der Waals surface area contributed by atoms with Crippen molar-refractivity contribution < 1.29 is 4.79 Å². The summed E-state index contributed by atoms with van der Waals surface area (Å²) in [5, 5.41) is 0. The van der Waals surface area contributed by atoms with Crippen LogP contribution in [0.1, 0.15) is 48.1 Å². The Hall–Kier alpha value is -1.15. The van der Waals surface area contributed by atoms with E-state index >= 15 is 0 Å². The molecule has 1 heterocycles. The summed E-state index contributed by atoms with van der Waals surface area (Å²) < 4.78 is 0. The zero-order valence-electron chi connectivity index (χ0n) is 9.86. The lowest BCUT2D eigenvalue weighted by Crippen LogP contribution is -2.32. The number of benzene rings is 1. The first-order valence-electron chi connectivity index (χ1n) is 6.10. The van der Waals surface area contributed by atoms with E-state index in [0.717, 1.165) is 11.8 Å². The molecule has 1 aliphatic heterocycles. The van der Waals surface area contributed by atoms with Crippen LogP contribution in [0.15, 0.2) is 24.3 Å². The van der Waals surface area contributed by atoms with Gasteiger partial charge in [-0.05, 0) is 44.5 Å². The molecule has 2 rings (SSSR count). The highest BCUT2D eigenvalue weighted by Gasteiger charge is 2.17. The Balaban J connectivity index is 2.12.